The third kappa shape index (κ3) is 4.60. The molecule has 124 valence electrons. The molecule has 1 fully saturated rings. The lowest BCUT2D eigenvalue weighted by molar-refractivity contribution is -0.132. The third-order valence-electron chi connectivity index (χ3n) is 4.12. The van der Waals surface area contributed by atoms with E-state index in [2.05, 4.69) is 29.3 Å². The van der Waals surface area contributed by atoms with E-state index in [1.165, 1.54) is 5.56 Å². The number of likely N-dealkylation sites (N-methyl/N-ethyl adjacent to an activating group) is 1. The number of rotatable bonds is 5. The smallest absolute Gasteiger partial charge is 0.236 e. The Labute approximate surface area is 139 Å². The highest BCUT2D eigenvalue weighted by Gasteiger charge is 2.24. The molecule has 1 saturated heterocycles. The van der Waals surface area contributed by atoms with Gasteiger partial charge in [-0.05, 0) is 31.7 Å². The molecule has 1 heterocycles. The van der Waals surface area contributed by atoms with E-state index in [1.54, 1.807) is 14.2 Å². The van der Waals surface area contributed by atoms with Crippen LogP contribution in [0.4, 0.5) is 0 Å². The fourth-order valence-corrected chi connectivity index (χ4v) is 2.73. The number of hydrogen-bond acceptors (Lipinski definition) is 4. The molecule has 1 aromatic rings. The van der Waals surface area contributed by atoms with Gasteiger partial charge in [0.25, 0.3) is 0 Å². The van der Waals surface area contributed by atoms with Gasteiger partial charge in [-0.1, -0.05) is 12.1 Å². The van der Waals surface area contributed by atoms with Gasteiger partial charge in [0.2, 0.25) is 5.91 Å². The van der Waals surface area contributed by atoms with E-state index in [9.17, 15) is 4.79 Å². The van der Waals surface area contributed by atoms with Gasteiger partial charge in [0, 0.05) is 32.2 Å². The standard InChI is InChI=1S/C16H25N3O2.ClH/c1-13(14-5-4-6-15(11-14)21-3)18-7-9-19(10-8-18)16(20)12-17-2;/h4-6,11,13,17H,7-10,12H2,1-3H3;1H. The van der Waals surface area contributed by atoms with Crippen LogP contribution in [-0.4, -0.2) is 62.6 Å². The Morgan fingerprint density at radius 3 is 2.59 bits per heavy atom. The monoisotopic (exact) mass is 327 g/mol. The fourth-order valence-electron chi connectivity index (χ4n) is 2.73. The van der Waals surface area contributed by atoms with Crippen molar-refractivity contribution in [2.24, 2.45) is 0 Å². The largest absolute Gasteiger partial charge is 0.497 e. The lowest BCUT2D eigenvalue weighted by Crippen LogP contribution is -2.51. The van der Waals surface area contributed by atoms with Gasteiger partial charge in [-0.3, -0.25) is 9.69 Å². The number of amides is 1. The Bertz CT molecular complexity index is 476. The highest BCUT2D eigenvalue weighted by molar-refractivity contribution is 5.85. The molecule has 0 spiro atoms. The van der Waals surface area contributed by atoms with Crippen LogP contribution < -0.4 is 10.1 Å². The van der Waals surface area contributed by atoms with Crippen LogP contribution in [0.1, 0.15) is 18.5 Å². The summed E-state index contributed by atoms with van der Waals surface area (Å²) in [5, 5.41) is 2.92. The first kappa shape index (κ1) is 18.7. The molecule has 2 rings (SSSR count). The number of carbonyl (C=O) groups excluding carboxylic acids is 1. The molecule has 0 aliphatic carbocycles. The average Bonchev–Trinajstić information content (AvgIpc) is 2.54. The SMILES string of the molecule is CNCC(=O)N1CCN(C(C)c2cccc(OC)c2)CC1.Cl. The first-order valence-electron chi connectivity index (χ1n) is 7.46. The topological polar surface area (TPSA) is 44.8 Å². The Hall–Kier alpha value is -1.30. The first-order valence-corrected chi connectivity index (χ1v) is 7.46. The van der Waals surface area contributed by atoms with Crippen LogP contribution in [-0.2, 0) is 4.79 Å². The molecule has 0 radical (unpaired) electrons. The van der Waals surface area contributed by atoms with Crippen molar-refractivity contribution in [1.82, 2.24) is 15.1 Å². The van der Waals surface area contributed by atoms with Gasteiger partial charge < -0.3 is 15.0 Å². The maximum Gasteiger partial charge on any atom is 0.236 e. The quantitative estimate of drug-likeness (QED) is 0.891. The second kappa shape index (κ2) is 8.98. The van der Waals surface area contributed by atoms with E-state index in [0.29, 0.717) is 12.6 Å². The van der Waals surface area contributed by atoms with E-state index >= 15 is 0 Å². The summed E-state index contributed by atoms with van der Waals surface area (Å²) in [6, 6.07) is 8.54. The molecular formula is C16H26ClN3O2. The highest BCUT2D eigenvalue weighted by Crippen LogP contribution is 2.24. The number of carbonyl (C=O) groups is 1. The molecule has 22 heavy (non-hydrogen) atoms. The van der Waals surface area contributed by atoms with Crippen LogP contribution in [0.25, 0.3) is 0 Å². The van der Waals surface area contributed by atoms with Crippen LogP contribution >= 0.6 is 12.4 Å². The van der Waals surface area contributed by atoms with Gasteiger partial charge in [0.1, 0.15) is 5.75 Å². The molecule has 0 saturated carbocycles. The molecule has 6 heteroatoms. The zero-order chi connectivity index (χ0) is 15.2. The summed E-state index contributed by atoms with van der Waals surface area (Å²) in [6.07, 6.45) is 0. The van der Waals surface area contributed by atoms with Crippen LogP contribution in [0, 0.1) is 0 Å². The van der Waals surface area contributed by atoms with E-state index < -0.39 is 0 Å². The molecule has 1 atom stereocenters. The van der Waals surface area contributed by atoms with Crippen molar-refractivity contribution < 1.29 is 9.53 Å². The summed E-state index contributed by atoms with van der Waals surface area (Å²) in [5.41, 5.74) is 1.25. The maximum atomic E-state index is 11.9. The molecule has 5 nitrogen and oxygen atoms in total. The summed E-state index contributed by atoms with van der Waals surface area (Å²) in [4.78, 5) is 16.2. The molecule has 0 aromatic heterocycles. The Balaban J connectivity index is 0.00000242. The number of nitrogens with one attached hydrogen (secondary N) is 1. The van der Waals surface area contributed by atoms with Gasteiger partial charge in [-0.25, -0.2) is 0 Å². The van der Waals surface area contributed by atoms with Crippen molar-refractivity contribution in [3.8, 4) is 5.75 Å². The minimum Gasteiger partial charge on any atom is -0.497 e. The number of piperazine rings is 1. The van der Waals surface area contributed by atoms with Crippen molar-refractivity contribution in [1.29, 1.82) is 0 Å². The van der Waals surface area contributed by atoms with Crippen LogP contribution in [0.2, 0.25) is 0 Å². The number of benzene rings is 1. The molecule has 1 unspecified atom stereocenters. The van der Waals surface area contributed by atoms with Crippen LogP contribution in [0.5, 0.6) is 5.75 Å². The predicted octanol–water partition coefficient (Wildman–Crippen LogP) is 1.54. The first-order chi connectivity index (χ1) is 10.2. The zero-order valence-corrected chi connectivity index (χ0v) is 14.4. The summed E-state index contributed by atoms with van der Waals surface area (Å²) in [7, 11) is 3.49. The second-order valence-electron chi connectivity index (χ2n) is 5.40. The number of methoxy groups -OCH3 is 1. The van der Waals surface area contributed by atoms with Gasteiger partial charge in [-0.2, -0.15) is 0 Å². The molecular weight excluding hydrogens is 302 g/mol. The van der Waals surface area contributed by atoms with E-state index in [1.807, 2.05) is 17.0 Å². The lowest BCUT2D eigenvalue weighted by Gasteiger charge is -2.38. The van der Waals surface area contributed by atoms with Crippen LogP contribution in [0.3, 0.4) is 0 Å². The number of hydrogen-bond donors (Lipinski definition) is 1. The summed E-state index contributed by atoms with van der Waals surface area (Å²) >= 11 is 0. The molecule has 1 N–H and O–H groups in total. The average molecular weight is 328 g/mol. The Kier molecular flexibility index (Phi) is 7.65. The van der Waals surface area contributed by atoms with E-state index in [4.69, 9.17) is 4.74 Å². The Morgan fingerprint density at radius 1 is 1.32 bits per heavy atom. The van der Waals surface area contributed by atoms with Crippen molar-refractivity contribution in [2.45, 2.75) is 13.0 Å². The predicted molar refractivity (Wildman–Crippen MR) is 90.7 cm³/mol. The highest BCUT2D eigenvalue weighted by atomic mass is 35.5. The summed E-state index contributed by atoms with van der Waals surface area (Å²) in [6.45, 7) is 6.05. The maximum absolute atomic E-state index is 11.9. The van der Waals surface area contributed by atoms with Crippen molar-refractivity contribution in [3.63, 3.8) is 0 Å². The fraction of sp³-hybridized carbons (Fsp3) is 0.562. The number of nitrogens with zero attached hydrogens (tertiary/aromatic N) is 2. The summed E-state index contributed by atoms with van der Waals surface area (Å²) in [5.74, 6) is 1.08. The molecule has 1 aliphatic rings. The lowest BCUT2D eigenvalue weighted by atomic mass is 10.1. The molecule has 0 bridgehead atoms. The summed E-state index contributed by atoms with van der Waals surface area (Å²) < 4.78 is 5.29. The van der Waals surface area contributed by atoms with Crippen molar-refractivity contribution in [2.75, 3.05) is 46.9 Å². The zero-order valence-electron chi connectivity index (χ0n) is 13.5. The molecule has 1 amide bonds. The van der Waals surface area contributed by atoms with Gasteiger partial charge >= 0.3 is 0 Å². The molecule has 1 aromatic carbocycles. The van der Waals surface area contributed by atoms with E-state index in [0.717, 1.165) is 31.9 Å². The molecule has 1 aliphatic heterocycles. The number of ether oxygens (including phenoxy) is 1. The normalized spacial score (nSPS) is 16.8. The van der Waals surface area contributed by atoms with Crippen LogP contribution in [0.15, 0.2) is 24.3 Å². The van der Waals surface area contributed by atoms with Crippen molar-refractivity contribution >= 4 is 18.3 Å². The Morgan fingerprint density at radius 2 is 2.00 bits per heavy atom. The third-order valence-corrected chi connectivity index (χ3v) is 4.12. The minimum atomic E-state index is 0. The second-order valence-corrected chi connectivity index (χ2v) is 5.40. The minimum absolute atomic E-state index is 0. The van der Waals surface area contributed by atoms with Gasteiger partial charge in [0.15, 0.2) is 0 Å². The van der Waals surface area contributed by atoms with E-state index in [-0.39, 0.29) is 18.3 Å². The van der Waals surface area contributed by atoms with Gasteiger partial charge in [0.05, 0.1) is 13.7 Å². The number of halogens is 1. The van der Waals surface area contributed by atoms with Crippen molar-refractivity contribution in [3.05, 3.63) is 29.8 Å². The van der Waals surface area contributed by atoms with Gasteiger partial charge in [-0.15, -0.1) is 12.4 Å².